The summed E-state index contributed by atoms with van der Waals surface area (Å²) in [5.74, 6) is 0. The van der Waals surface area contributed by atoms with Crippen LogP contribution in [0.4, 0.5) is 0 Å². The van der Waals surface area contributed by atoms with Crippen molar-refractivity contribution < 1.29 is 13.5 Å². The number of rotatable bonds is 4. The van der Waals surface area contributed by atoms with Gasteiger partial charge in [-0.15, -0.1) is 0 Å². The van der Waals surface area contributed by atoms with Gasteiger partial charge in [0.1, 0.15) is 0 Å². The molecule has 0 radical (unpaired) electrons. The van der Waals surface area contributed by atoms with Gasteiger partial charge < -0.3 is 5.11 Å². The first kappa shape index (κ1) is 14.9. The van der Waals surface area contributed by atoms with Gasteiger partial charge in [0.15, 0.2) is 9.84 Å². The van der Waals surface area contributed by atoms with Gasteiger partial charge in [-0.2, -0.15) is 0 Å². The molecule has 1 aromatic carbocycles. The van der Waals surface area contributed by atoms with E-state index >= 15 is 0 Å². The maximum Gasteiger partial charge on any atom is 0.176 e. The molecule has 4 heteroatoms. The highest BCUT2D eigenvalue weighted by molar-refractivity contribution is 7.95. The largest absolute Gasteiger partial charge is 0.389 e. The van der Waals surface area contributed by atoms with Crippen molar-refractivity contribution in [3.8, 4) is 0 Å². The highest BCUT2D eigenvalue weighted by atomic mass is 32.2. The molecule has 0 aliphatic carbocycles. The van der Waals surface area contributed by atoms with Gasteiger partial charge in [-0.25, -0.2) is 8.42 Å². The molecule has 0 fully saturated rings. The van der Waals surface area contributed by atoms with Crippen LogP contribution in [0.25, 0.3) is 0 Å². The Labute approximate surface area is 109 Å². The van der Waals surface area contributed by atoms with Crippen LogP contribution < -0.4 is 0 Å². The maximum absolute atomic E-state index is 11.8. The summed E-state index contributed by atoms with van der Waals surface area (Å²) in [5.41, 5.74) is 0.975. The number of hydrogen-bond donors (Lipinski definition) is 1. The van der Waals surface area contributed by atoms with Gasteiger partial charge in [0.05, 0.1) is 10.9 Å². The normalized spacial score (nSPS) is 14.9. The first-order valence-electron chi connectivity index (χ1n) is 5.87. The predicted octanol–water partition coefficient (Wildman–Crippen LogP) is 2.32. The van der Waals surface area contributed by atoms with Crippen LogP contribution in [0.5, 0.6) is 0 Å². The molecule has 0 bridgehead atoms. The van der Waals surface area contributed by atoms with E-state index in [1.54, 1.807) is 20.8 Å². The second-order valence-electron chi connectivity index (χ2n) is 5.24. The molecule has 1 N–H and O–H groups in total. The van der Waals surface area contributed by atoms with Crippen molar-refractivity contribution in [2.75, 3.05) is 0 Å². The van der Waals surface area contributed by atoms with Crippen molar-refractivity contribution in [3.05, 3.63) is 47.4 Å². The summed E-state index contributed by atoms with van der Waals surface area (Å²) in [6.07, 6.45) is 0.967. The van der Waals surface area contributed by atoms with Crippen molar-refractivity contribution in [1.29, 1.82) is 0 Å². The topological polar surface area (TPSA) is 54.4 Å². The molecule has 0 saturated carbocycles. The summed E-state index contributed by atoms with van der Waals surface area (Å²) >= 11 is 0. The van der Waals surface area contributed by atoms with E-state index in [0.717, 1.165) is 11.0 Å². The number of benzene rings is 1. The third-order valence-electron chi connectivity index (χ3n) is 2.62. The SMILES string of the molecule is CC(C)(C)S(=O)(=O)/C=C/[C@H](O)Cc1ccccc1. The first-order chi connectivity index (χ1) is 8.22. The lowest BCUT2D eigenvalue weighted by molar-refractivity contribution is 0.224. The van der Waals surface area contributed by atoms with Crippen LogP contribution in [-0.4, -0.2) is 24.4 Å². The number of sulfone groups is 1. The van der Waals surface area contributed by atoms with E-state index in [9.17, 15) is 13.5 Å². The average Bonchev–Trinajstić information content (AvgIpc) is 2.26. The summed E-state index contributed by atoms with van der Waals surface area (Å²) in [4.78, 5) is 0. The van der Waals surface area contributed by atoms with Crippen molar-refractivity contribution in [2.45, 2.75) is 38.0 Å². The third kappa shape index (κ3) is 4.27. The molecule has 0 unspecified atom stereocenters. The predicted molar refractivity (Wildman–Crippen MR) is 74.0 cm³/mol. The Bertz CT molecular complexity index is 496. The number of hydrogen-bond acceptors (Lipinski definition) is 3. The van der Waals surface area contributed by atoms with Crippen LogP contribution in [0, 0.1) is 0 Å². The molecular weight excluding hydrogens is 248 g/mol. The molecule has 1 rings (SSSR count). The van der Waals surface area contributed by atoms with Crippen LogP contribution in [-0.2, 0) is 16.3 Å². The van der Waals surface area contributed by atoms with E-state index in [-0.39, 0.29) is 0 Å². The van der Waals surface area contributed by atoms with Crippen molar-refractivity contribution in [1.82, 2.24) is 0 Å². The highest BCUT2D eigenvalue weighted by Crippen LogP contribution is 2.17. The Kier molecular flexibility index (Phi) is 4.71. The fraction of sp³-hybridized carbons (Fsp3) is 0.429. The molecule has 0 heterocycles. The van der Waals surface area contributed by atoms with Gasteiger partial charge in [0, 0.05) is 11.8 Å². The van der Waals surface area contributed by atoms with E-state index in [1.807, 2.05) is 30.3 Å². The lowest BCUT2D eigenvalue weighted by atomic mass is 10.1. The van der Waals surface area contributed by atoms with Crippen molar-refractivity contribution in [2.24, 2.45) is 0 Å². The molecule has 0 aromatic heterocycles. The average molecular weight is 268 g/mol. The summed E-state index contributed by atoms with van der Waals surface area (Å²) in [5, 5.41) is 10.9. The maximum atomic E-state index is 11.8. The summed E-state index contributed by atoms with van der Waals surface area (Å²) in [7, 11) is -3.33. The Balaban J connectivity index is 2.69. The van der Waals surface area contributed by atoms with E-state index in [1.165, 1.54) is 6.08 Å². The quantitative estimate of drug-likeness (QED) is 0.911. The fourth-order valence-corrected chi connectivity index (χ4v) is 2.12. The minimum Gasteiger partial charge on any atom is -0.389 e. The standard InChI is InChI=1S/C14H20O3S/c1-14(2,3)18(16,17)10-9-13(15)11-12-7-5-4-6-8-12/h4-10,13,15H,11H2,1-3H3/b10-9+/t13-/m0/s1. The highest BCUT2D eigenvalue weighted by Gasteiger charge is 2.26. The monoisotopic (exact) mass is 268 g/mol. The Morgan fingerprint density at radius 2 is 1.78 bits per heavy atom. The molecule has 0 spiro atoms. The molecular formula is C14H20O3S. The molecule has 1 atom stereocenters. The zero-order valence-corrected chi connectivity index (χ0v) is 11.8. The zero-order valence-electron chi connectivity index (χ0n) is 11.0. The number of aliphatic hydroxyl groups is 1. The van der Waals surface area contributed by atoms with Crippen LogP contribution >= 0.6 is 0 Å². The smallest absolute Gasteiger partial charge is 0.176 e. The minimum atomic E-state index is -3.33. The molecule has 0 aliphatic heterocycles. The molecule has 0 aliphatic rings. The lowest BCUT2D eigenvalue weighted by Crippen LogP contribution is -2.26. The first-order valence-corrected chi connectivity index (χ1v) is 7.42. The van der Waals surface area contributed by atoms with Gasteiger partial charge in [-0.3, -0.25) is 0 Å². The summed E-state index contributed by atoms with van der Waals surface area (Å²) in [6.45, 7) is 4.91. The van der Waals surface area contributed by atoms with Gasteiger partial charge in [0.2, 0.25) is 0 Å². The zero-order chi connectivity index (χ0) is 13.8. The van der Waals surface area contributed by atoms with E-state index in [0.29, 0.717) is 6.42 Å². The Morgan fingerprint density at radius 3 is 2.28 bits per heavy atom. The van der Waals surface area contributed by atoms with Crippen LogP contribution in [0.15, 0.2) is 41.8 Å². The van der Waals surface area contributed by atoms with Crippen molar-refractivity contribution in [3.63, 3.8) is 0 Å². The molecule has 0 amide bonds. The Morgan fingerprint density at radius 1 is 1.22 bits per heavy atom. The van der Waals surface area contributed by atoms with E-state index < -0.39 is 20.7 Å². The molecule has 100 valence electrons. The van der Waals surface area contributed by atoms with Gasteiger partial charge >= 0.3 is 0 Å². The fourth-order valence-electron chi connectivity index (χ4n) is 1.32. The Hall–Kier alpha value is -1.13. The lowest BCUT2D eigenvalue weighted by Gasteiger charge is -2.16. The second kappa shape index (κ2) is 5.67. The molecule has 1 aromatic rings. The molecule has 3 nitrogen and oxygen atoms in total. The third-order valence-corrected chi connectivity index (χ3v) is 4.84. The van der Waals surface area contributed by atoms with Crippen LogP contribution in [0.2, 0.25) is 0 Å². The minimum absolute atomic E-state index is 0.414. The summed E-state index contributed by atoms with van der Waals surface area (Å²) < 4.78 is 22.8. The molecule has 18 heavy (non-hydrogen) atoms. The number of aliphatic hydroxyl groups excluding tert-OH is 1. The summed E-state index contributed by atoms with van der Waals surface area (Å²) in [6, 6.07) is 9.47. The van der Waals surface area contributed by atoms with Gasteiger partial charge in [0.25, 0.3) is 0 Å². The van der Waals surface area contributed by atoms with Crippen LogP contribution in [0.1, 0.15) is 26.3 Å². The van der Waals surface area contributed by atoms with E-state index in [4.69, 9.17) is 0 Å². The van der Waals surface area contributed by atoms with E-state index in [2.05, 4.69) is 0 Å². The van der Waals surface area contributed by atoms with Gasteiger partial charge in [-0.1, -0.05) is 30.3 Å². The molecule has 0 saturated heterocycles. The van der Waals surface area contributed by atoms with Gasteiger partial charge in [-0.05, 0) is 32.4 Å². The van der Waals surface area contributed by atoms with Crippen molar-refractivity contribution >= 4 is 9.84 Å². The van der Waals surface area contributed by atoms with Crippen LogP contribution in [0.3, 0.4) is 0 Å². The second-order valence-corrected chi connectivity index (χ2v) is 7.83.